The van der Waals surface area contributed by atoms with Crippen LogP contribution in [0.5, 0.6) is 0 Å². The van der Waals surface area contributed by atoms with Gasteiger partial charge in [0.05, 0.1) is 13.2 Å². The number of esters is 2. The maximum atomic E-state index is 12.0. The molecule has 4 nitrogen and oxygen atoms in total. The lowest BCUT2D eigenvalue weighted by Gasteiger charge is -2.21. The van der Waals surface area contributed by atoms with Gasteiger partial charge in [-0.15, -0.1) is 0 Å². The molecule has 0 radical (unpaired) electrons. The summed E-state index contributed by atoms with van der Waals surface area (Å²) in [6.07, 6.45) is 21.5. The van der Waals surface area contributed by atoms with E-state index in [1.165, 1.54) is 49.7 Å². The summed E-state index contributed by atoms with van der Waals surface area (Å²) in [6, 6.07) is 0. The van der Waals surface area contributed by atoms with Gasteiger partial charge in [-0.3, -0.25) is 9.59 Å². The summed E-state index contributed by atoms with van der Waals surface area (Å²) in [5, 5.41) is 0. The van der Waals surface area contributed by atoms with Crippen molar-refractivity contribution in [1.82, 2.24) is 0 Å². The average molecular weight is 563 g/mol. The minimum absolute atomic E-state index is 0.0388. The van der Waals surface area contributed by atoms with Crippen LogP contribution in [0.1, 0.15) is 158 Å². The van der Waals surface area contributed by atoms with Gasteiger partial charge in [0.2, 0.25) is 0 Å². The number of carbonyl (C=O) groups excluding carboxylic acids is 2. The number of allylic oxidation sites excluding steroid dienone is 4. The van der Waals surface area contributed by atoms with E-state index in [2.05, 4.69) is 67.5 Å². The summed E-state index contributed by atoms with van der Waals surface area (Å²) in [5.74, 6) is 2.20. The largest absolute Gasteiger partial charge is 0.466 e. The fraction of sp³-hybridized carbons (Fsp3) is 0.833. The van der Waals surface area contributed by atoms with Gasteiger partial charge in [0.1, 0.15) is 0 Å². The van der Waals surface area contributed by atoms with E-state index in [1.807, 2.05) is 0 Å². The molecule has 0 bridgehead atoms. The number of rotatable bonds is 25. The summed E-state index contributed by atoms with van der Waals surface area (Å²) in [6.45, 7) is 18.6. The van der Waals surface area contributed by atoms with Gasteiger partial charge in [-0.05, 0) is 89.9 Å². The van der Waals surface area contributed by atoms with Crippen LogP contribution in [-0.2, 0) is 19.1 Å². The molecule has 0 aliphatic rings. The molecule has 40 heavy (non-hydrogen) atoms. The zero-order valence-corrected chi connectivity index (χ0v) is 27.8. The average Bonchev–Trinajstić information content (AvgIpc) is 2.85. The molecular weight excluding hydrogens is 496 g/mol. The van der Waals surface area contributed by atoms with Gasteiger partial charge in [0.25, 0.3) is 0 Å². The maximum absolute atomic E-state index is 12.0. The molecule has 0 aliphatic heterocycles. The van der Waals surface area contributed by atoms with Gasteiger partial charge in [-0.1, -0.05) is 102 Å². The van der Waals surface area contributed by atoms with Gasteiger partial charge in [0.15, 0.2) is 0 Å². The number of hydrogen-bond acceptors (Lipinski definition) is 4. The van der Waals surface area contributed by atoms with Gasteiger partial charge >= 0.3 is 11.9 Å². The van der Waals surface area contributed by atoms with E-state index in [9.17, 15) is 9.59 Å². The normalized spacial score (nSPS) is 13.4. The molecule has 0 aromatic carbocycles. The van der Waals surface area contributed by atoms with Gasteiger partial charge in [-0.2, -0.15) is 0 Å². The Morgan fingerprint density at radius 2 is 0.925 bits per heavy atom. The summed E-state index contributed by atoms with van der Waals surface area (Å²) in [5.41, 5.74) is 2.68. The first-order valence-corrected chi connectivity index (χ1v) is 16.6. The van der Waals surface area contributed by atoms with Crippen LogP contribution in [0, 0.1) is 23.7 Å². The molecule has 2 unspecified atom stereocenters. The van der Waals surface area contributed by atoms with Crippen LogP contribution in [0.4, 0.5) is 0 Å². The van der Waals surface area contributed by atoms with E-state index in [-0.39, 0.29) is 11.9 Å². The zero-order valence-electron chi connectivity index (χ0n) is 27.8. The summed E-state index contributed by atoms with van der Waals surface area (Å²) >= 11 is 0. The molecule has 0 fully saturated rings. The first kappa shape index (κ1) is 38.4. The molecule has 0 aromatic heterocycles. The van der Waals surface area contributed by atoms with Crippen molar-refractivity contribution in [1.29, 1.82) is 0 Å². The van der Waals surface area contributed by atoms with Crippen molar-refractivity contribution in [2.45, 2.75) is 158 Å². The minimum atomic E-state index is -0.0388. The number of carbonyl (C=O) groups is 2. The van der Waals surface area contributed by atoms with Gasteiger partial charge in [-0.25, -0.2) is 0 Å². The van der Waals surface area contributed by atoms with Crippen LogP contribution >= 0.6 is 0 Å². The second-order valence-corrected chi connectivity index (χ2v) is 13.2. The first-order valence-electron chi connectivity index (χ1n) is 16.6. The SMILES string of the molecule is CC(C)=CCCC(C)CC(=O)OCCCCCCC(CCCCCCOC(=O)CC(C)CCC=C(C)C)C(C)C. The molecule has 0 aliphatic carbocycles. The highest BCUT2D eigenvalue weighted by molar-refractivity contribution is 5.69. The van der Waals surface area contributed by atoms with E-state index in [4.69, 9.17) is 9.47 Å². The first-order chi connectivity index (χ1) is 19.0. The summed E-state index contributed by atoms with van der Waals surface area (Å²) in [4.78, 5) is 24.1. The van der Waals surface area contributed by atoms with Crippen molar-refractivity contribution in [2.24, 2.45) is 23.7 Å². The van der Waals surface area contributed by atoms with Crippen LogP contribution in [0.25, 0.3) is 0 Å². The highest BCUT2D eigenvalue weighted by atomic mass is 16.5. The lowest BCUT2D eigenvalue weighted by atomic mass is 9.86. The fourth-order valence-electron chi connectivity index (χ4n) is 5.11. The topological polar surface area (TPSA) is 52.6 Å². The highest BCUT2D eigenvalue weighted by Gasteiger charge is 2.14. The van der Waals surface area contributed by atoms with Crippen LogP contribution in [0.15, 0.2) is 23.3 Å². The van der Waals surface area contributed by atoms with Crippen molar-refractivity contribution < 1.29 is 19.1 Å². The minimum Gasteiger partial charge on any atom is -0.466 e. The van der Waals surface area contributed by atoms with Gasteiger partial charge in [0, 0.05) is 12.8 Å². The molecule has 0 amide bonds. The Balaban J connectivity index is 3.78. The fourth-order valence-corrected chi connectivity index (χ4v) is 5.11. The number of ether oxygens (including phenoxy) is 2. The highest BCUT2D eigenvalue weighted by Crippen LogP contribution is 2.25. The van der Waals surface area contributed by atoms with Crippen molar-refractivity contribution >= 4 is 11.9 Å². The summed E-state index contributed by atoms with van der Waals surface area (Å²) < 4.78 is 10.9. The van der Waals surface area contributed by atoms with Crippen molar-refractivity contribution in [3.05, 3.63) is 23.3 Å². The third-order valence-electron chi connectivity index (χ3n) is 7.86. The molecule has 4 heteroatoms. The Morgan fingerprint density at radius 3 is 1.27 bits per heavy atom. The Morgan fingerprint density at radius 1 is 0.550 bits per heavy atom. The van der Waals surface area contributed by atoms with Crippen LogP contribution in [0.3, 0.4) is 0 Å². The van der Waals surface area contributed by atoms with Crippen LogP contribution < -0.4 is 0 Å². The maximum Gasteiger partial charge on any atom is 0.306 e. The van der Waals surface area contributed by atoms with E-state index in [1.54, 1.807) is 0 Å². The smallest absolute Gasteiger partial charge is 0.306 e. The molecule has 0 saturated heterocycles. The van der Waals surface area contributed by atoms with Crippen LogP contribution in [-0.4, -0.2) is 25.2 Å². The predicted octanol–water partition coefficient (Wildman–Crippen LogP) is 10.8. The Hall–Kier alpha value is -1.58. The molecular formula is C36H66O4. The third kappa shape index (κ3) is 25.4. The molecule has 2 atom stereocenters. The van der Waals surface area contributed by atoms with Gasteiger partial charge < -0.3 is 9.47 Å². The molecule has 0 aromatic rings. The molecule has 0 rings (SSSR count). The Kier molecular flexibility index (Phi) is 24.2. The van der Waals surface area contributed by atoms with Crippen molar-refractivity contribution in [2.75, 3.05) is 13.2 Å². The standard InChI is InChI=1S/C36H66O4/c1-29(2)19-17-21-32(7)27-35(37)39-25-15-11-9-13-23-34(31(5)6)24-14-10-12-16-26-40-36(38)28-33(8)22-18-20-30(3)4/h19-20,31-34H,9-18,21-28H2,1-8H3. The second kappa shape index (κ2) is 25.2. The van der Waals surface area contributed by atoms with Crippen molar-refractivity contribution in [3.63, 3.8) is 0 Å². The lowest BCUT2D eigenvalue weighted by Crippen LogP contribution is -2.11. The quantitative estimate of drug-likeness (QED) is 0.0631. The molecule has 0 spiro atoms. The van der Waals surface area contributed by atoms with Crippen LogP contribution in [0.2, 0.25) is 0 Å². The van der Waals surface area contributed by atoms with E-state index < -0.39 is 0 Å². The molecule has 234 valence electrons. The molecule has 0 saturated carbocycles. The van der Waals surface area contributed by atoms with Crippen molar-refractivity contribution in [3.8, 4) is 0 Å². The third-order valence-corrected chi connectivity index (χ3v) is 7.86. The predicted molar refractivity (Wildman–Crippen MR) is 171 cm³/mol. The lowest BCUT2D eigenvalue weighted by molar-refractivity contribution is -0.145. The monoisotopic (exact) mass is 562 g/mol. The van der Waals surface area contributed by atoms with E-state index >= 15 is 0 Å². The molecule has 0 N–H and O–H groups in total. The molecule has 0 heterocycles. The Bertz CT molecular complexity index is 642. The Labute approximate surface area is 249 Å². The zero-order chi connectivity index (χ0) is 30.2. The number of unbranched alkanes of at least 4 members (excludes halogenated alkanes) is 6. The summed E-state index contributed by atoms with van der Waals surface area (Å²) in [7, 11) is 0. The second-order valence-electron chi connectivity index (χ2n) is 13.2. The number of hydrogen-bond donors (Lipinski definition) is 0. The van der Waals surface area contributed by atoms with E-state index in [0.29, 0.717) is 37.9 Å². The van der Waals surface area contributed by atoms with E-state index in [0.717, 1.165) is 63.2 Å².